The molecule has 0 aliphatic carbocycles. The van der Waals surface area contributed by atoms with Crippen LogP contribution in [-0.4, -0.2) is 38.6 Å². The lowest BCUT2D eigenvalue weighted by molar-refractivity contribution is -0.113. The Labute approximate surface area is 169 Å². The summed E-state index contributed by atoms with van der Waals surface area (Å²) in [6.07, 6.45) is 0. The van der Waals surface area contributed by atoms with Gasteiger partial charge in [-0.25, -0.2) is 4.39 Å². The Morgan fingerprint density at radius 1 is 1.14 bits per heavy atom. The average Bonchev–Trinajstić information content (AvgIpc) is 3.16. The minimum atomic E-state index is -0.356. The van der Waals surface area contributed by atoms with Crippen LogP contribution in [-0.2, 0) is 4.79 Å². The lowest BCUT2D eigenvalue weighted by Gasteiger charge is -2.06. The molecule has 0 aliphatic rings. The number of rotatable bonds is 6. The van der Waals surface area contributed by atoms with E-state index in [4.69, 9.17) is 4.74 Å². The minimum Gasteiger partial charge on any atom is -0.497 e. The Hall–Kier alpha value is -3.46. The molecule has 2 heterocycles. The molecule has 2 aromatic heterocycles. The second-order valence-corrected chi connectivity index (χ2v) is 6.99. The molecule has 29 heavy (non-hydrogen) atoms. The van der Waals surface area contributed by atoms with Crippen molar-refractivity contribution >= 4 is 29.0 Å². The smallest absolute Gasteiger partial charge is 0.234 e. The highest BCUT2D eigenvalue weighted by molar-refractivity contribution is 7.99. The number of thioether (sulfide) groups is 1. The largest absolute Gasteiger partial charge is 0.497 e. The van der Waals surface area contributed by atoms with E-state index in [1.807, 2.05) is 36.4 Å². The molecule has 0 saturated carbocycles. The van der Waals surface area contributed by atoms with Crippen molar-refractivity contribution in [1.82, 2.24) is 19.8 Å². The summed E-state index contributed by atoms with van der Waals surface area (Å²) in [7, 11) is 1.61. The van der Waals surface area contributed by atoms with Crippen molar-refractivity contribution in [3.8, 4) is 17.0 Å². The summed E-state index contributed by atoms with van der Waals surface area (Å²) in [5.41, 5.74) is 2.73. The Bertz CT molecular complexity index is 1160. The van der Waals surface area contributed by atoms with Gasteiger partial charge in [-0.2, -0.15) is 9.61 Å². The van der Waals surface area contributed by atoms with Crippen molar-refractivity contribution in [2.45, 2.75) is 5.16 Å². The number of aromatic nitrogens is 4. The molecule has 146 valence electrons. The molecule has 7 nitrogen and oxygen atoms in total. The fraction of sp³-hybridized carbons (Fsp3) is 0.100. The topological polar surface area (TPSA) is 81.4 Å². The fourth-order valence-electron chi connectivity index (χ4n) is 2.66. The maximum absolute atomic E-state index is 13.0. The van der Waals surface area contributed by atoms with Crippen molar-refractivity contribution in [2.24, 2.45) is 0 Å². The van der Waals surface area contributed by atoms with E-state index in [0.717, 1.165) is 17.0 Å². The second kappa shape index (κ2) is 8.27. The Kier molecular flexibility index (Phi) is 5.39. The molecule has 1 amide bonds. The Morgan fingerprint density at radius 3 is 2.76 bits per heavy atom. The van der Waals surface area contributed by atoms with E-state index >= 15 is 0 Å². The number of methoxy groups -OCH3 is 1. The van der Waals surface area contributed by atoms with Crippen molar-refractivity contribution in [3.63, 3.8) is 0 Å². The maximum atomic E-state index is 13.0. The number of carbonyl (C=O) groups is 1. The first kappa shape index (κ1) is 18.9. The van der Waals surface area contributed by atoms with Gasteiger partial charge in [0.2, 0.25) is 11.1 Å². The molecule has 4 rings (SSSR count). The van der Waals surface area contributed by atoms with Gasteiger partial charge in [0.15, 0.2) is 5.65 Å². The predicted molar refractivity (Wildman–Crippen MR) is 109 cm³/mol. The average molecular weight is 409 g/mol. The molecule has 2 aromatic carbocycles. The zero-order valence-corrected chi connectivity index (χ0v) is 16.2. The molecule has 0 spiro atoms. The Balaban J connectivity index is 1.50. The van der Waals surface area contributed by atoms with Crippen molar-refractivity contribution in [3.05, 3.63) is 66.5 Å². The van der Waals surface area contributed by atoms with Crippen LogP contribution in [0.15, 0.2) is 65.8 Å². The van der Waals surface area contributed by atoms with E-state index in [9.17, 15) is 9.18 Å². The Morgan fingerprint density at radius 2 is 1.97 bits per heavy atom. The van der Waals surface area contributed by atoms with Crippen LogP contribution in [0.5, 0.6) is 5.75 Å². The molecular weight excluding hydrogens is 393 g/mol. The van der Waals surface area contributed by atoms with Gasteiger partial charge in [0, 0.05) is 11.3 Å². The first-order chi connectivity index (χ1) is 14.1. The monoisotopic (exact) mass is 409 g/mol. The number of carbonyl (C=O) groups excluding carboxylic acids is 1. The number of hydrogen-bond acceptors (Lipinski definition) is 6. The molecular formula is C20H16FN5O2S. The summed E-state index contributed by atoms with van der Waals surface area (Å²) < 4.78 is 19.8. The van der Waals surface area contributed by atoms with E-state index in [0.29, 0.717) is 16.5 Å². The highest BCUT2D eigenvalue weighted by atomic mass is 32.2. The number of halogens is 1. The van der Waals surface area contributed by atoms with Crippen LogP contribution in [0.4, 0.5) is 10.1 Å². The number of amides is 1. The molecule has 0 bridgehead atoms. The van der Waals surface area contributed by atoms with Crippen LogP contribution < -0.4 is 10.1 Å². The fourth-order valence-corrected chi connectivity index (χ4v) is 3.34. The number of ether oxygens (including phenoxy) is 1. The molecule has 0 atom stereocenters. The van der Waals surface area contributed by atoms with Crippen LogP contribution in [0, 0.1) is 5.82 Å². The van der Waals surface area contributed by atoms with Gasteiger partial charge in [-0.05, 0) is 48.5 Å². The summed E-state index contributed by atoms with van der Waals surface area (Å²) in [4.78, 5) is 12.2. The highest BCUT2D eigenvalue weighted by Crippen LogP contribution is 2.24. The van der Waals surface area contributed by atoms with Gasteiger partial charge in [0.25, 0.3) is 0 Å². The van der Waals surface area contributed by atoms with Crippen molar-refractivity contribution < 1.29 is 13.9 Å². The molecule has 1 N–H and O–H groups in total. The molecule has 0 aliphatic heterocycles. The number of fused-ring (bicyclic) bond motifs is 1. The van der Waals surface area contributed by atoms with Gasteiger partial charge in [-0.1, -0.05) is 23.9 Å². The van der Waals surface area contributed by atoms with Gasteiger partial charge in [-0.15, -0.1) is 10.2 Å². The van der Waals surface area contributed by atoms with Crippen LogP contribution in [0.25, 0.3) is 16.9 Å². The van der Waals surface area contributed by atoms with E-state index in [2.05, 4.69) is 20.6 Å². The summed E-state index contributed by atoms with van der Waals surface area (Å²) in [5.74, 6) is 0.260. The van der Waals surface area contributed by atoms with E-state index in [1.54, 1.807) is 11.6 Å². The van der Waals surface area contributed by atoms with Crippen LogP contribution in [0.3, 0.4) is 0 Å². The first-order valence-electron chi connectivity index (χ1n) is 8.67. The normalized spacial score (nSPS) is 10.8. The molecule has 0 radical (unpaired) electrons. The van der Waals surface area contributed by atoms with Gasteiger partial charge in [0.05, 0.1) is 18.6 Å². The quantitative estimate of drug-likeness (QED) is 0.490. The number of benzene rings is 2. The van der Waals surface area contributed by atoms with Crippen molar-refractivity contribution in [1.29, 1.82) is 0 Å². The SMILES string of the molecule is COc1cccc(-c2ccc3nnc(SCC(=O)Nc4ccc(F)cc4)n3n2)c1. The van der Waals surface area contributed by atoms with E-state index in [1.165, 1.54) is 36.0 Å². The summed E-state index contributed by atoms with van der Waals surface area (Å²) in [6, 6.07) is 16.8. The molecule has 0 unspecified atom stereocenters. The lowest BCUT2D eigenvalue weighted by Crippen LogP contribution is -2.14. The maximum Gasteiger partial charge on any atom is 0.234 e. The summed E-state index contributed by atoms with van der Waals surface area (Å²) in [6.45, 7) is 0. The first-order valence-corrected chi connectivity index (χ1v) is 9.66. The number of anilines is 1. The minimum absolute atomic E-state index is 0.114. The highest BCUT2D eigenvalue weighted by Gasteiger charge is 2.12. The zero-order valence-electron chi connectivity index (χ0n) is 15.4. The van der Waals surface area contributed by atoms with Crippen LogP contribution in [0.2, 0.25) is 0 Å². The third-order valence-electron chi connectivity index (χ3n) is 4.06. The number of nitrogens with zero attached hydrogens (tertiary/aromatic N) is 4. The standard InChI is InChI=1S/C20H16FN5O2S/c1-28-16-4-2-3-13(11-16)17-9-10-18-23-24-20(26(18)25-17)29-12-19(27)22-15-7-5-14(21)6-8-15/h2-11H,12H2,1H3,(H,22,27). The predicted octanol–water partition coefficient (Wildman–Crippen LogP) is 3.67. The van der Waals surface area contributed by atoms with Gasteiger partial charge < -0.3 is 10.1 Å². The molecule has 0 saturated heterocycles. The third kappa shape index (κ3) is 4.35. The molecule has 0 fully saturated rings. The summed E-state index contributed by atoms with van der Waals surface area (Å²) in [5, 5.41) is 16.0. The second-order valence-electron chi connectivity index (χ2n) is 6.05. The number of hydrogen-bond donors (Lipinski definition) is 1. The number of nitrogens with one attached hydrogen (secondary N) is 1. The van der Waals surface area contributed by atoms with Crippen LogP contribution >= 0.6 is 11.8 Å². The van der Waals surface area contributed by atoms with Crippen molar-refractivity contribution in [2.75, 3.05) is 18.2 Å². The zero-order chi connectivity index (χ0) is 20.2. The van der Waals surface area contributed by atoms with Gasteiger partial charge in [0.1, 0.15) is 11.6 Å². The molecule has 9 heteroatoms. The molecule has 4 aromatic rings. The van der Waals surface area contributed by atoms with Gasteiger partial charge in [-0.3, -0.25) is 4.79 Å². The van der Waals surface area contributed by atoms with Crippen LogP contribution in [0.1, 0.15) is 0 Å². The lowest BCUT2D eigenvalue weighted by atomic mass is 10.1. The van der Waals surface area contributed by atoms with Gasteiger partial charge >= 0.3 is 0 Å². The van der Waals surface area contributed by atoms with E-state index < -0.39 is 0 Å². The van der Waals surface area contributed by atoms with E-state index in [-0.39, 0.29) is 17.5 Å². The summed E-state index contributed by atoms with van der Waals surface area (Å²) >= 11 is 1.21. The third-order valence-corrected chi connectivity index (χ3v) is 4.98.